The number of hydrogen-bond donors (Lipinski definition) is 0. The van der Waals surface area contributed by atoms with Gasteiger partial charge in [-0.25, -0.2) is 4.39 Å². The molecule has 0 aliphatic carbocycles. The van der Waals surface area contributed by atoms with Crippen LogP contribution in [-0.4, -0.2) is 5.78 Å². The minimum absolute atomic E-state index is 0.188. The number of benzene rings is 1. The van der Waals surface area contributed by atoms with Gasteiger partial charge in [0.1, 0.15) is 11.6 Å². The van der Waals surface area contributed by atoms with Crippen molar-refractivity contribution in [2.45, 2.75) is 33.1 Å². The normalized spacial score (nSPS) is 10.2. The second-order valence-electron chi connectivity index (χ2n) is 3.48. The van der Waals surface area contributed by atoms with Crippen LogP contribution in [0.15, 0.2) is 18.2 Å². The summed E-state index contributed by atoms with van der Waals surface area (Å²) >= 11 is 0. The van der Waals surface area contributed by atoms with Gasteiger partial charge in [-0.1, -0.05) is 19.1 Å². The number of carbonyl (C=O) groups excluding carboxylic acids is 1. The maximum Gasteiger partial charge on any atom is 0.132 e. The molecule has 1 aromatic carbocycles. The molecule has 0 heterocycles. The van der Waals surface area contributed by atoms with Gasteiger partial charge in [-0.15, -0.1) is 0 Å². The summed E-state index contributed by atoms with van der Waals surface area (Å²) in [6.45, 7) is 3.58. The molecule has 0 atom stereocenters. The van der Waals surface area contributed by atoms with E-state index < -0.39 is 0 Å². The smallest absolute Gasteiger partial charge is 0.132 e. The van der Waals surface area contributed by atoms with E-state index in [1.807, 2.05) is 13.0 Å². The molecule has 0 bridgehead atoms. The number of halogens is 1. The summed E-state index contributed by atoms with van der Waals surface area (Å²) < 4.78 is 13.1. The van der Waals surface area contributed by atoms with Crippen LogP contribution in [0.1, 0.15) is 30.9 Å². The molecule has 76 valence electrons. The van der Waals surface area contributed by atoms with E-state index in [4.69, 9.17) is 0 Å². The van der Waals surface area contributed by atoms with Crippen molar-refractivity contribution in [2.24, 2.45) is 0 Å². The molecule has 0 spiro atoms. The van der Waals surface area contributed by atoms with E-state index in [0.717, 1.165) is 5.56 Å². The summed E-state index contributed by atoms with van der Waals surface area (Å²) in [7, 11) is 0. The maximum atomic E-state index is 13.1. The largest absolute Gasteiger partial charge is 0.300 e. The zero-order valence-electron chi connectivity index (χ0n) is 8.64. The van der Waals surface area contributed by atoms with Crippen LogP contribution in [0.25, 0.3) is 0 Å². The van der Waals surface area contributed by atoms with Crippen molar-refractivity contribution in [3.8, 4) is 0 Å². The Hall–Kier alpha value is -1.18. The van der Waals surface area contributed by atoms with Crippen molar-refractivity contribution in [1.82, 2.24) is 0 Å². The molecular weight excluding hydrogens is 179 g/mol. The Bertz CT molecular complexity index is 331. The van der Waals surface area contributed by atoms with Gasteiger partial charge in [0.2, 0.25) is 0 Å². The highest BCUT2D eigenvalue weighted by atomic mass is 19.1. The van der Waals surface area contributed by atoms with Gasteiger partial charge in [0.15, 0.2) is 0 Å². The third-order valence-corrected chi connectivity index (χ3v) is 2.32. The monoisotopic (exact) mass is 194 g/mol. The molecular formula is C12H15FO. The lowest BCUT2D eigenvalue weighted by atomic mass is 10.0. The van der Waals surface area contributed by atoms with Crippen LogP contribution in [0, 0.1) is 12.7 Å². The summed E-state index contributed by atoms with van der Waals surface area (Å²) in [6.07, 6.45) is 1.72. The van der Waals surface area contributed by atoms with Crippen molar-refractivity contribution in [3.63, 3.8) is 0 Å². The van der Waals surface area contributed by atoms with Crippen LogP contribution >= 0.6 is 0 Å². The average molecular weight is 194 g/mol. The lowest BCUT2D eigenvalue weighted by molar-refractivity contribution is -0.118. The van der Waals surface area contributed by atoms with E-state index in [0.29, 0.717) is 24.8 Å². The number of aryl methyl sites for hydroxylation is 2. The number of ketones is 1. The predicted molar refractivity (Wildman–Crippen MR) is 54.8 cm³/mol. The van der Waals surface area contributed by atoms with Crippen LogP contribution in [0.5, 0.6) is 0 Å². The molecule has 0 saturated carbocycles. The van der Waals surface area contributed by atoms with Gasteiger partial charge in [-0.3, -0.25) is 4.79 Å². The highest BCUT2D eigenvalue weighted by Gasteiger charge is 2.02. The van der Waals surface area contributed by atoms with Gasteiger partial charge < -0.3 is 0 Å². The fourth-order valence-corrected chi connectivity index (χ4v) is 1.25. The Balaban J connectivity index is 2.60. The lowest BCUT2D eigenvalue weighted by Gasteiger charge is -2.02. The Morgan fingerprint density at radius 3 is 2.71 bits per heavy atom. The van der Waals surface area contributed by atoms with Gasteiger partial charge in [0.05, 0.1) is 0 Å². The third kappa shape index (κ3) is 2.95. The molecule has 0 amide bonds. The van der Waals surface area contributed by atoms with Crippen molar-refractivity contribution >= 4 is 5.78 Å². The standard InChI is InChI=1S/C12H15FO/c1-3-11(14)7-6-10-5-4-9(2)12(13)8-10/h4-5,8H,3,6-7H2,1-2H3. The third-order valence-electron chi connectivity index (χ3n) is 2.32. The van der Waals surface area contributed by atoms with E-state index in [-0.39, 0.29) is 11.6 Å². The van der Waals surface area contributed by atoms with Gasteiger partial charge in [0.25, 0.3) is 0 Å². The van der Waals surface area contributed by atoms with Crippen molar-refractivity contribution in [1.29, 1.82) is 0 Å². The molecule has 0 aliphatic rings. The molecule has 0 unspecified atom stereocenters. The number of carbonyl (C=O) groups is 1. The molecule has 1 nitrogen and oxygen atoms in total. The summed E-state index contributed by atoms with van der Waals surface area (Å²) in [6, 6.07) is 5.14. The zero-order valence-corrected chi connectivity index (χ0v) is 8.64. The highest BCUT2D eigenvalue weighted by Crippen LogP contribution is 2.11. The Labute approximate surface area is 83.9 Å². The zero-order chi connectivity index (χ0) is 10.6. The molecule has 0 N–H and O–H groups in total. The van der Waals surface area contributed by atoms with Gasteiger partial charge >= 0.3 is 0 Å². The first-order chi connectivity index (χ1) is 6.63. The first kappa shape index (κ1) is 10.9. The number of rotatable bonds is 4. The molecule has 2 heteroatoms. The van der Waals surface area contributed by atoms with Gasteiger partial charge in [-0.2, -0.15) is 0 Å². The molecule has 0 radical (unpaired) electrons. The van der Waals surface area contributed by atoms with E-state index in [2.05, 4.69) is 0 Å². The number of hydrogen-bond acceptors (Lipinski definition) is 1. The van der Waals surface area contributed by atoms with Crippen molar-refractivity contribution < 1.29 is 9.18 Å². The molecule has 0 saturated heterocycles. The van der Waals surface area contributed by atoms with Crippen LogP contribution in [0.4, 0.5) is 4.39 Å². The highest BCUT2D eigenvalue weighted by molar-refractivity contribution is 5.78. The predicted octanol–water partition coefficient (Wildman–Crippen LogP) is 3.05. The Morgan fingerprint density at radius 1 is 1.43 bits per heavy atom. The van der Waals surface area contributed by atoms with Gasteiger partial charge in [-0.05, 0) is 30.5 Å². The second-order valence-corrected chi connectivity index (χ2v) is 3.48. The maximum absolute atomic E-state index is 13.1. The van der Waals surface area contributed by atoms with Crippen molar-refractivity contribution in [3.05, 3.63) is 35.1 Å². The summed E-state index contributed by atoms with van der Waals surface area (Å²) in [5.41, 5.74) is 1.55. The molecule has 1 rings (SSSR count). The van der Waals surface area contributed by atoms with Crippen molar-refractivity contribution in [2.75, 3.05) is 0 Å². The summed E-state index contributed by atoms with van der Waals surface area (Å²) in [4.78, 5) is 11.0. The molecule has 1 aromatic rings. The quantitative estimate of drug-likeness (QED) is 0.720. The SMILES string of the molecule is CCC(=O)CCc1ccc(C)c(F)c1. The fourth-order valence-electron chi connectivity index (χ4n) is 1.25. The van der Waals surface area contributed by atoms with Crippen LogP contribution in [0.2, 0.25) is 0 Å². The fraction of sp³-hybridized carbons (Fsp3) is 0.417. The minimum Gasteiger partial charge on any atom is -0.300 e. The molecule has 14 heavy (non-hydrogen) atoms. The summed E-state index contributed by atoms with van der Waals surface area (Å²) in [5, 5.41) is 0. The van der Waals surface area contributed by atoms with E-state index in [1.54, 1.807) is 13.0 Å². The Morgan fingerprint density at radius 2 is 2.14 bits per heavy atom. The number of Topliss-reactive ketones (excluding diaryl/α,β-unsaturated/α-hetero) is 1. The molecule has 0 aromatic heterocycles. The van der Waals surface area contributed by atoms with Crippen LogP contribution in [0.3, 0.4) is 0 Å². The van der Waals surface area contributed by atoms with Gasteiger partial charge in [0, 0.05) is 12.8 Å². The van der Waals surface area contributed by atoms with Crippen LogP contribution in [-0.2, 0) is 11.2 Å². The minimum atomic E-state index is -0.188. The first-order valence-electron chi connectivity index (χ1n) is 4.90. The Kier molecular flexibility index (Phi) is 3.81. The van der Waals surface area contributed by atoms with E-state index >= 15 is 0 Å². The van der Waals surface area contributed by atoms with E-state index in [9.17, 15) is 9.18 Å². The second kappa shape index (κ2) is 4.89. The first-order valence-corrected chi connectivity index (χ1v) is 4.90. The topological polar surface area (TPSA) is 17.1 Å². The lowest BCUT2D eigenvalue weighted by Crippen LogP contribution is -1.98. The van der Waals surface area contributed by atoms with E-state index in [1.165, 1.54) is 6.07 Å². The summed E-state index contributed by atoms with van der Waals surface area (Å²) in [5.74, 6) is 0.0393. The molecule has 0 aliphatic heterocycles. The van der Waals surface area contributed by atoms with Crippen LogP contribution < -0.4 is 0 Å². The average Bonchev–Trinajstić information content (AvgIpc) is 2.19. The molecule has 0 fully saturated rings.